The standard InChI is InChI=1S/C20H15Cl2N5O2S/c1-29-17-6-5-13(22)8-16(17)26-18(28)10-30-20-15-9-25-27(19(15)23-11-24-20)14-4-2-3-12(21)7-14/h2-9,11H,10H2,1H3,(H,26,28). The first-order valence-electron chi connectivity index (χ1n) is 8.76. The van der Waals surface area contributed by atoms with Gasteiger partial charge < -0.3 is 10.1 Å². The average Bonchev–Trinajstić information content (AvgIpc) is 3.17. The molecule has 4 rings (SSSR count). The highest BCUT2D eigenvalue weighted by Crippen LogP contribution is 2.29. The molecule has 7 nitrogen and oxygen atoms in total. The Balaban J connectivity index is 1.52. The minimum absolute atomic E-state index is 0.143. The first kappa shape index (κ1) is 20.5. The van der Waals surface area contributed by atoms with Crippen molar-refractivity contribution in [2.45, 2.75) is 5.03 Å². The minimum atomic E-state index is -0.213. The summed E-state index contributed by atoms with van der Waals surface area (Å²) in [5.41, 5.74) is 1.93. The summed E-state index contributed by atoms with van der Waals surface area (Å²) < 4.78 is 6.94. The maximum Gasteiger partial charge on any atom is 0.234 e. The number of hydrogen-bond acceptors (Lipinski definition) is 6. The van der Waals surface area contributed by atoms with E-state index in [0.717, 1.165) is 11.1 Å². The van der Waals surface area contributed by atoms with Crippen LogP contribution in [0.25, 0.3) is 16.7 Å². The van der Waals surface area contributed by atoms with E-state index in [2.05, 4.69) is 20.4 Å². The van der Waals surface area contributed by atoms with Crippen LogP contribution >= 0.6 is 35.0 Å². The zero-order chi connectivity index (χ0) is 21.1. The van der Waals surface area contributed by atoms with Crippen molar-refractivity contribution in [1.29, 1.82) is 0 Å². The number of aromatic nitrogens is 4. The molecule has 0 aliphatic heterocycles. The van der Waals surface area contributed by atoms with E-state index in [1.807, 2.05) is 12.1 Å². The molecule has 10 heteroatoms. The van der Waals surface area contributed by atoms with Gasteiger partial charge in [-0.05, 0) is 36.4 Å². The van der Waals surface area contributed by atoms with Gasteiger partial charge in [0.05, 0.1) is 35.8 Å². The maximum atomic E-state index is 12.5. The Hall–Kier alpha value is -2.81. The minimum Gasteiger partial charge on any atom is -0.495 e. The first-order chi connectivity index (χ1) is 14.5. The summed E-state index contributed by atoms with van der Waals surface area (Å²) >= 11 is 13.4. The summed E-state index contributed by atoms with van der Waals surface area (Å²) in [7, 11) is 1.53. The Morgan fingerprint density at radius 1 is 1.17 bits per heavy atom. The lowest BCUT2D eigenvalue weighted by Gasteiger charge is -2.10. The lowest BCUT2D eigenvalue weighted by atomic mass is 10.3. The second kappa shape index (κ2) is 8.91. The highest BCUT2D eigenvalue weighted by Gasteiger charge is 2.14. The Morgan fingerprint density at radius 3 is 2.80 bits per heavy atom. The predicted molar refractivity (Wildman–Crippen MR) is 119 cm³/mol. The summed E-state index contributed by atoms with van der Waals surface area (Å²) in [6, 6.07) is 12.4. The van der Waals surface area contributed by atoms with Crippen LogP contribution in [0.15, 0.2) is 60.0 Å². The number of nitrogens with one attached hydrogen (secondary N) is 1. The number of benzene rings is 2. The highest BCUT2D eigenvalue weighted by molar-refractivity contribution is 8.00. The molecule has 0 saturated carbocycles. The number of amides is 1. The molecule has 0 spiro atoms. The van der Waals surface area contributed by atoms with Gasteiger partial charge in [-0.15, -0.1) is 0 Å². The van der Waals surface area contributed by atoms with Gasteiger partial charge in [0, 0.05) is 10.0 Å². The van der Waals surface area contributed by atoms with Gasteiger partial charge in [-0.2, -0.15) is 5.10 Å². The van der Waals surface area contributed by atoms with Gasteiger partial charge in [-0.3, -0.25) is 4.79 Å². The number of rotatable bonds is 6. The number of thioether (sulfide) groups is 1. The third-order valence-corrected chi connectivity index (χ3v) is 5.63. The molecule has 0 saturated heterocycles. The second-order valence-corrected chi connectivity index (χ2v) is 7.97. The highest BCUT2D eigenvalue weighted by atomic mass is 35.5. The van der Waals surface area contributed by atoms with Crippen LogP contribution < -0.4 is 10.1 Å². The Bertz CT molecular complexity index is 1230. The van der Waals surface area contributed by atoms with Gasteiger partial charge in [-0.1, -0.05) is 41.0 Å². The molecule has 1 amide bonds. The van der Waals surface area contributed by atoms with Gasteiger partial charge >= 0.3 is 0 Å². The van der Waals surface area contributed by atoms with Crippen LogP contribution in [0.4, 0.5) is 5.69 Å². The van der Waals surface area contributed by atoms with E-state index < -0.39 is 0 Å². The van der Waals surface area contributed by atoms with Gasteiger partial charge in [0.15, 0.2) is 5.65 Å². The number of methoxy groups -OCH3 is 1. The molecular formula is C20H15Cl2N5O2S. The van der Waals surface area contributed by atoms with Crippen molar-refractivity contribution in [3.8, 4) is 11.4 Å². The van der Waals surface area contributed by atoms with E-state index >= 15 is 0 Å². The van der Waals surface area contributed by atoms with Crippen molar-refractivity contribution >= 4 is 57.6 Å². The van der Waals surface area contributed by atoms with Crippen molar-refractivity contribution in [2.24, 2.45) is 0 Å². The lowest BCUT2D eigenvalue weighted by Crippen LogP contribution is -2.14. The van der Waals surface area contributed by atoms with Crippen LogP contribution in [-0.4, -0.2) is 38.5 Å². The number of anilines is 1. The van der Waals surface area contributed by atoms with Crippen LogP contribution in [0, 0.1) is 0 Å². The lowest BCUT2D eigenvalue weighted by molar-refractivity contribution is -0.113. The number of ether oxygens (including phenoxy) is 1. The molecule has 0 radical (unpaired) electrons. The molecule has 0 fully saturated rings. The molecule has 2 heterocycles. The fourth-order valence-electron chi connectivity index (χ4n) is 2.83. The van der Waals surface area contributed by atoms with Crippen LogP contribution in [0.1, 0.15) is 0 Å². The van der Waals surface area contributed by atoms with Crippen LogP contribution in [-0.2, 0) is 4.79 Å². The smallest absolute Gasteiger partial charge is 0.234 e. The first-order valence-corrected chi connectivity index (χ1v) is 10.5. The number of carbonyl (C=O) groups is 1. The molecule has 0 unspecified atom stereocenters. The van der Waals surface area contributed by atoms with E-state index in [-0.39, 0.29) is 11.7 Å². The summed E-state index contributed by atoms with van der Waals surface area (Å²) in [5.74, 6) is 0.462. The number of nitrogens with zero attached hydrogens (tertiary/aromatic N) is 4. The fourth-order valence-corrected chi connectivity index (χ4v) is 3.95. The maximum absolute atomic E-state index is 12.5. The predicted octanol–water partition coefficient (Wildman–Crippen LogP) is 4.86. The molecule has 0 bridgehead atoms. The van der Waals surface area contributed by atoms with E-state index in [9.17, 15) is 4.79 Å². The largest absolute Gasteiger partial charge is 0.495 e. The zero-order valence-electron chi connectivity index (χ0n) is 15.7. The topological polar surface area (TPSA) is 81.9 Å². The number of hydrogen-bond donors (Lipinski definition) is 1. The Kier molecular flexibility index (Phi) is 6.08. The van der Waals surface area contributed by atoms with Crippen LogP contribution in [0.3, 0.4) is 0 Å². The number of carbonyl (C=O) groups excluding carboxylic acids is 1. The van der Waals surface area contributed by atoms with Crippen molar-refractivity contribution in [1.82, 2.24) is 19.7 Å². The molecule has 0 atom stereocenters. The molecule has 0 aliphatic rings. The quantitative estimate of drug-likeness (QED) is 0.327. The van der Waals surface area contributed by atoms with E-state index in [4.69, 9.17) is 27.9 Å². The van der Waals surface area contributed by atoms with E-state index in [0.29, 0.717) is 32.2 Å². The molecular weight excluding hydrogens is 445 g/mol. The third kappa shape index (κ3) is 4.35. The zero-order valence-corrected chi connectivity index (χ0v) is 18.0. The number of fused-ring (bicyclic) bond motifs is 1. The molecule has 4 aromatic rings. The van der Waals surface area contributed by atoms with Crippen molar-refractivity contribution in [3.05, 3.63) is 65.0 Å². The molecule has 152 valence electrons. The van der Waals surface area contributed by atoms with E-state index in [1.165, 1.54) is 25.2 Å². The van der Waals surface area contributed by atoms with Gasteiger partial charge in [0.1, 0.15) is 17.1 Å². The molecule has 1 N–H and O–H groups in total. The third-order valence-electron chi connectivity index (χ3n) is 4.16. The summed E-state index contributed by atoms with van der Waals surface area (Å²) in [6.45, 7) is 0. The summed E-state index contributed by atoms with van der Waals surface area (Å²) in [6.07, 6.45) is 3.13. The van der Waals surface area contributed by atoms with Crippen LogP contribution in [0.2, 0.25) is 10.0 Å². The van der Waals surface area contributed by atoms with E-state index in [1.54, 1.807) is 41.2 Å². The molecule has 30 heavy (non-hydrogen) atoms. The molecule has 2 aromatic heterocycles. The van der Waals surface area contributed by atoms with Crippen molar-refractivity contribution in [2.75, 3.05) is 18.2 Å². The monoisotopic (exact) mass is 459 g/mol. The van der Waals surface area contributed by atoms with Gasteiger partial charge in [0.2, 0.25) is 5.91 Å². The second-order valence-electron chi connectivity index (χ2n) is 6.13. The Labute approximate surface area is 186 Å². The normalized spacial score (nSPS) is 10.9. The van der Waals surface area contributed by atoms with Gasteiger partial charge in [0.25, 0.3) is 0 Å². The fraction of sp³-hybridized carbons (Fsp3) is 0.100. The average molecular weight is 460 g/mol. The summed E-state index contributed by atoms with van der Waals surface area (Å²) in [4.78, 5) is 21.1. The molecule has 2 aromatic carbocycles. The number of halogens is 2. The van der Waals surface area contributed by atoms with Gasteiger partial charge in [-0.25, -0.2) is 14.6 Å². The SMILES string of the molecule is COc1ccc(Cl)cc1NC(=O)CSc1ncnc2c1cnn2-c1cccc(Cl)c1. The van der Waals surface area contributed by atoms with Crippen LogP contribution in [0.5, 0.6) is 5.75 Å². The van der Waals surface area contributed by atoms with Crippen molar-refractivity contribution in [3.63, 3.8) is 0 Å². The van der Waals surface area contributed by atoms with Crippen molar-refractivity contribution < 1.29 is 9.53 Å². The molecule has 0 aliphatic carbocycles. The summed E-state index contributed by atoms with van der Waals surface area (Å²) in [5, 5.41) is 9.72. The Morgan fingerprint density at radius 2 is 2.00 bits per heavy atom.